The van der Waals surface area contributed by atoms with Crippen molar-refractivity contribution in [2.24, 2.45) is 15.3 Å². The molecule has 32 heavy (non-hydrogen) atoms. The molecule has 2 aliphatic heterocycles. The minimum Gasteiger partial charge on any atom is -0.493 e. The standard InChI is InChI=1S/C18H20N4O7S3/c1-10(2)9-32(26,27)18-21-30-17-20-16(23)12(15(19)22(17)18)7-11-5-6-13(14(8-11)28-3)29-31(4,24)25/h5-8,10,19H,9H2,1-4H3/b12-7-,19-15?. The number of hydrogen-bond acceptors (Lipinski definition) is 10. The van der Waals surface area contributed by atoms with Crippen molar-refractivity contribution in [2.75, 3.05) is 19.1 Å². The fraction of sp³-hybridized carbons (Fsp3) is 0.333. The first kappa shape index (κ1) is 23.9. The van der Waals surface area contributed by atoms with E-state index < -0.39 is 25.9 Å². The van der Waals surface area contributed by atoms with E-state index in [1.807, 2.05) is 0 Å². The van der Waals surface area contributed by atoms with Gasteiger partial charge in [0.05, 0.1) is 36.6 Å². The Balaban J connectivity index is 1.99. The molecule has 2 heterocycles. The van der Waals surface area contributed by atoms with Crippen molar-refractivity contribution in [3.8, 4) is 11.5 Å². The molecule has 0 radical (unpaired) electrons. The minimum absolute atomic E-state index is 0.00559. The van der Waals surface area contributed by atoms with Crippen molar-refractivity contribution >= 4 is 60.1 Å². The number of amidine groups is 3. The molecule has 1 aromatic rings. The number of sulfone groups is 1. The topological polar surface area (TPSA) is 156 Å². The first-order valence-electron chi connectivity index (χ1n) is 9.11. The Morgan fingerprint density at radius 3 is 2.50 bits per heavy atom. The molecule has 3 rings (SSSR count). The molecular formula is C18H20N4O7S3. The number of nitrogens with one attached hydrogen (secondary N) is 1. The zero-order valence-electron chi connectivity index (χ0n) is 17.5. The van der Waals surface area contributed by atoms with Crippen LogP contribution < -0.4 is 8.92 Å². The highest BCUT2D eigenvalue weighted by molar-refractivity contribution is 8.16. The van der Waals surface area contributed by atoms with Crippen LogP contribution in [-0.4, -0.2) is 62.9 Å². The van der Waals surface area contributed by atoms with Crippen molar-refractivity contribution in [3.05, 3.63) is 29.3 Å². The van der Waals surface area contributed by atoms with Crippen LogP contribution in [-0.2, 0) is 24.7 Å². The molecule has 0 unspecified atom stereocenters. The van der Waals surface area contributed by atoms with Crippen molar-refractivity contribution < 1.29 is 30.6 Å². The number of carbonyl (C=O) groups excluding carboxylic acids is 1. The van der Waals surface area contributed by atoms with Gasteiger partial charge < -0.3 is 8.92 Å². The molecule has 0 spiro atoms. The maximum absolute atomic E-state index is 12.7. The lowest BCUT2D eigenvalue weighted by molar-refractivity contribution is -0.114. The lowest BCUT2D eigenvalue weighted by Gasteiger charge is -2.24. The molecule has 11 nitrogen and oxygen atoms in total. The van der Waals surface area contributed by atoms with E-state index in [4.69, 9.17) is 14.3 Å². The van der Waals surface area contributed by atoms with Gasteiger partial charge >= 0.3 is 10.1 Å². The van der Waals surface area contributed by atoms with Gasteiger partial charge in [-0.3, -0.25) is 10.2 Å². The van der Waals surface area contributed by atoms with Crippen molar-refractivity contribution in [1.29, 1.82) is 5.41 Å². The Morgan fingerprint density at radius 1 is 1.22 bits per heavy atom. The number of methoxy groups -OCH3 is 1. The van der Waals surface area contributed by atoms with E-state index in [1.54, 1.807) is 13.8 Å². The number of nitrogens with zero attached hydrogens (tertiary/aromatic N) is 3. The third kappa shape index (κ3) is 5.02. The molecule has 0 atom stereocenters. The van der Waals surface area contributed by atoms with Crippen LogP contribution in [0.15, 0.2) is 33.2 Å². The van der Waals surface area contributed by atoms with Gasteiger partial charge in [-0.15, -0.1) is 0 Å². The molecular weight excluding hydrogens is 480 g/mol. The van der Waals surface area contributed by atoms with Crippen LogP contribution in [0.1, 0.15) is 19.4 Å². The molecule has 0 saturated heterocycles. The van der Waals surface area contributed by atoms with E-state index in [1.165, 1.54) is 31.4 Å². The SMILES string of the molecule is COc1cc(/C=C2/C(=N)N3C(=NC2=O)SN=C3S(=O)(=O)CC(C)C)ccc1OS(C)(=O)=O. The summed E-state index contributed by atoms with van der Waals surface area (Å²) in [5.41, 5.74) is 0.215. The highest BCUT2D eigenvalue weighted by atomic mass is 32.2. The average molecular weight is 501 g/mol. The van der Waals surface area contributed by atoms with Crippen LogP contribution in [0.4, 0.5) is 0 Å². The van der Waals surface area contributed by atoms with Gasteiger partial charge in [0.15, 0.2) is 11.5 Å². The zero-order chi connectivity index (χ0) is 23.8. The quantitative estimate of drug-likeness (QED) is 0.349. The smallest absolute Gasteiger partial charge is 0.306 e. The molecule has 172 valence electrons. The Morgan fingerprint density at radius 2 is 1.91 bits per heavy atom. The Hall–Kier alpha value is -2.71. The summed E-state index contributed by atoms with van der Waals surface area (Å²) in [5.74, 6) is -1.41. The number of amides is 1. The Kier molecular flexibility index (Phi) is 6.49. The van der Waals surface area contributed by atoms with E-state index in [-0.39, 0.29) is 44.9 Å². The normalized spacial score (nSPS) is 18.0. The summed E-state index contributed by atoms with van der Waals surface area (Å²) in [7, 11) is -6.28. The van der Waals surface area contributed by atoms with Gasteiger partial charge in [0, 0.05) is 0 Å². The van der Waals surface area contributed by atoms with Crippen LogP contribution >= 0.6 is 11.9 Å². The number of carbonyl (C=O) groups is 1. The number of aliphatic imine (C=N–C) groups is 1. The molecule has 14 heteroatoms. The zero-order valence-corrected chi connectivity index (χ0v) is 20.0. The first-order chi connectivity index (χ1) is 14.8. The number of rotatable bonds is 6. The number of benzene rings is 1. The van der Waals surface area contributed by atoms with Gasteiger partial charge in [0.25, 0.3) is 5.91 Å². The van der Waals surface area contributed by atoms with Gasteiger partial charge in [-0.2, -0.15) is 17.8 Å². The second-order valence-corrected chi connectivity index (χ2v) is 11.5. The van der Waals surface area contributed by atoms with E-state index in [9.17, 15) is 21.6 Å². The average Bonchev–Trinajstić information content (AvgIpc) is 3.08. The number of fused-ring (bicyclic) bond motifs is 1. The highest BCUT2D eigenvalue weighted by Gasteiger charge is 2.42. The summed E-state index contributed by atoms with van der Waals surface area (Å²) in [6.45, 7) is 3.49. The van der Waals surface area contributed by atoms with Gasteiger partial charge in [0.1, 0.15) is 5.84 Å². The molecule has 0 fully saturated rings. The summed E-state index contributed by atoms with van der Waals surface area (Å²) >= 11 is 0.720. The predicted molar refractivity (Wildman–Crippen MR) is 122 cm³/mol. The molecule has 0 bridgehead atoms. The van der Waals surface area contributed by atoms with E-state index in [0.29, 0.717) is 5.56 Å². The Bertz CT molecular complexity index is 1300. The van der Waals surface area contributed by atoms with Gasteiger partial charge in [-0.1, -0.05) is 19.9 Å². The van der Waals surface area contributed by atoms with Crippen molar-refractivity contribution in [1.82, 2.24) is 4.90 Å². The van der Waals surface area contributed by atoms with Crippen molar-refractivity contribution in [2.45, 2.75) is 13.8 Å². The summed E-state index contributed by atoms with van der Waals surface area (Å²) in [6, 6.07) is 4.21. The lowest BCUT2D eigenvalue weighted by Crippen LogP contribution is -2.46. The summed E-state index contributed by atoms with van der Waals surface area (Å²) < 4.78 is 62.1. The summed E-state index contributed by atoms with van der Waals surface area (Å²) in [5, 5.41) is 8.12. The largest absolute Gasteiger partial charge is 0.493 e. The highest BCUT2D eigenvalue weighted by Crippen LogP contribution is 2.33. The van der Waals surface area contributed by atoms with Crippen LogP contribution in [0.3, 0.4) is 0 Å². The predicted octanol–water partition coefficient (Wildman–Crippen LogP) is 1.68. The van der Waals surface area contributed by atoms with Gasteiger partial charge in [0.2, 0.25) is 20.2 Å². The Labute approximate surface area is 189 Å². The molecule has 0 aliphatic carbocycles. The minimum atomic E-state index is -3.81. The summed E-state index contributed by atoms with van der Waals surface area (Å²) in [6.07, 6.45) is 2.22. The summed E-state index contributed by atoms with van der Waals surface area (Å²) in [4.78, 5) is 17.4. The third-order valence-electron chi connectivity index (χ3n) is 4.07. The van der Waals surface area contributed by atoms with Crippen LogP contribution in [0.25, 0.3) is 6.08 Å². The van der Waals surface area contributed by atoms with Crippen LogP contribution in [0.5, 0.6) is 11.5 Å². The van der Waals surface area contributed by atoms with Crippen LogP contribution in [0.2, 0.25) is 0 Å². The monoisotopic (exact) mass is 500 g/mol. The van der Waals surface area contributed by atoms with E-state index >= 15 is 0 Å². The maximum atomic E-state index is 12.7. The number of ether oxygens (including phenoxy) is 1. The van der Waals surface area contributed by atoms with E-state index in [2.05, 4.69) is 9.39 Å². The second-order valence-electron chi connectivity index (χ2n) is 7.28. The molecule has 2 aliphatic rings. The molecule has 0 saturated carbocycles. The lowest BCUT2D eigenvalue weighted by atomic mass is 10.1. The fourth-order valence-electron chi connectivity index (χ4n) is 2.89. The fourth-order valence-corrected chi connectivity index (χ4v) is 6.08. The molecule has 0 aromatic heterocycles. The second kappa shape index (κ2) is 8.67. The molecule has 1 N–H and O–H groups in total. The van der Waals surface area contributed by atoms with Crippen LogP contribution in [0, 0.1) is 11.3 Å². The molecule has 1 aromatic carbocycles. The van der Waals surface area contributed by atoms with E-state index in [0.717, 1.165) is 23.1 Å². The van der Waals surface area contributed by atoms with Crippen molar-refractivity contribution in [3.63, 3.8) is 0 Å². The maximum Gasteiger partial charge on any atom is 0.306 e. The third-order valence-corrected chi connectivity index (χ3v) is 7.30. The number of hydrogen-bond donors (Lipinski definition) is 1. The first-order valence-corrected chi connectivity index (χ1v) is 13.4. The van der Waals surface area contributed by atoms with Gasteiger partial charge in [-0.25, -0.2) is 13.3 Å². The van der Waals surface area contributed by atoms with Gasteiger partial charge in [-0.05, 0) is 29.7 Å². The molecule has 1 amide bonds.